The van der Waals surface area contributed by atoms with Crippen molar-refractivity contribution in [1.29, 1.82) is 0 Å². The first-order chi connectivity index (χ1) is 14.1. The molecule has 0 aliphatic carbocycles. The highest BCUT2D eigenvalue weighted by Crippen LogP contribution is 2.38. The number of hydrogen-bond donors (Lipinski definition) is 2. The highest BCUT2D eigenvalue weighted by molar-refractivity contribution is 8.00. The van der Waals surface area contributed by atoms with Crippen LogP contribution in [0.25, 0.3) is 0 Å². The summed E-state index contributed by atoms with van der Waals surface area (Å²) in [4.78, 5) is 40.8. The van der Waals surface area contributed by atoms with E-state index in [9.17, 15) is 14.4 Å². The molecule has 7 nitrogen and oxygen atoms in total. The van der Waals surface area contributed by atoms with Gasteiger partial charge in [-0.15, -0.1) is 0 Å². The monoisotopic (exact) mass is 420 g/mol. The number of nitrogens with one attached hydrogen (secondary N) is 2. The van der Waals surface area contributed by atoms with Gasteiger partial charge in [0.15, 0.2) is 0 Å². The number of hydrogen-bond acceptors (Lipinski definition) is 4. The molecule has 4 amide bonds. The lowest BCUT2D eigenvalue weighted by Gasteiger charge is -2.52. The third kappa shape index (κ3) is 3.84. The summed E-state index contributed by atoms with van der Waals surface area (Å²) < 4.78 is 0. The molecule has 2 N–H and O–H groups in total. The number of fused-ring (bicyclic) bond motifs is 5. The first-order valence-corrected chi connectivity index (χ1v) is 12.4. The molecule has 5 aliphatic heterocycles. The van der Waals surface area contributed by atoms with Crippen molar-refractivity contribution in [2.75, 3.05) is 25.4 Å². The van der Waals surface area contributed by atoms with E-state index in [4.69, 9.17) is 0 Å². The second kappa shape index (κ2) is 8.00. The van der Waals surface area contributed by atoms with Crippen LogP contribution in [0.2, 0.25) is 0 Å². The first-order valence-electron chi connectivity index (χ1n) is 11.3. The van der Waals surface area contributed by atoms with E-state index in [1.165, 1.54) is 6.42 Å². The standard InChI is InChI=1S/C21H32N4O3S/c26-18(6-2-1-5-17-20-15(12-29-17)22-21(28)23-20)24-9-13-8-14(11-24)16-4-3-7-19(27)25(16)10-13/h13-17,20H,1-12H2,(H2,22,23,28)/t13-,14+,15+,16-,17-,20+/m1/s1. The van der Waals surface area contributed by atoms with Crippen LogP contribution in [0.1, 0.15) is 51.4 Å². The van der Waals surface area contributed by atoms with Gasteiger partial charge in [-0.2, -0.15) is 11.8 Å². The molecule has 29 heavy (non-hydrogen) atoms. The Morgan fingerprint density at radius 1 is 1.14 bits per heavy atom. The number of thioether (sulfide) groups is 1. The average Bonchev–Trinajstić information content (AvgIpc) is 3.25. The molecule has 5 heterocycles. The summed E-state index contributed by atoms with van der Waals surface area (Å²) in [5, 5.41) is 6.50. The van der Waals surface area contributed by atoms with Crippen molar-refractivity contribution >= 4 is 29.6 Å². The highest BCUT2D eigenvalue weighted by Gasteiger charge is 2.45. The van der Waals surface area contributed by atoms with Gasteiger partial charge in [0.25, 0.3) is 0 Å². The Morgan fingerprint density at radius 2 is 2.03 bits per heavy atom. The summed E-state index contributed by atoms with van der Waals surface area (Å²) in [5.74, 6) is 2.55. The van der Waals surface area contributed by atoms with Crippen molar-refractivity contribution in [3.8, 4) is 0 Å². The van der Waals surface area contributed by atoms with Crippen LogP contribution in [-0.2, 0) is 9.59 Å². The maximum atomic E-state index is 12.8. The maximum Gasteiger partial charge on any atom is 0.315 e. The first kappa shape index (κ1) is 19.5. The number of carbonyl (C=O) groups is 3. The van der Waals surface area contributed by atoms with E-state index in [0.717, 1.165) is 57.5 Å². The van der Waals surface area contributed by atoms with E-state index in [0.29, 0.717) is 47.8 Å². The number of unbranched alkanes of at least 4 members (excludes halogenated alkanes) is 1. The summed E-state index contributed by atoms with van der Waals surface area (Å²) in [6.07, 6.45) is 7.65. The van der Waals surface area contributed by atoms with Gasteiger partial charge in [-0.3, -0.25) is 9.59 Å². The molecule has 0 spiro atoms. The quantitative estimate of drug-likeness (QED) is 0.523. The summed E-state index contributed by atoms with van der Waals surface area (Å²) in [7, 11) is 0. The lowest BCUT2D eigenvalue weighted by atomic mass is 9.76. The van der Waals surface area contributed by atoms with Gasteiger partial charge in [-0.05, 0) is 43.9 Å². The fourth-order valence-corrected chi connectivity index (χ4v) is 7.78. The van der Waals surface area contributed by atoms with Crippen molar-refractivity contribution in [1.82, 2.24) is 20.4 Å². The number of likely N-dealkylation sites (tertiary alicyclic amines) is 1. The minimum absolute atomic E-state index is 0.0330. The molecular formula is C21H32N4O3S. The smallest absolute Gasteiger partial charge is 0.315 e. The molecule has 0 aromatic rings. The van der Waals surface area contributed by atoms with E-state index in [2.05, 4.69) is 20.4 Å². The van der Waals surface area contributed by atoms with Gasteiger partial charge in [0.2, 0.25) is 11.8 Å². The number of amides is 4. The number of nitrogens with zero attached hydrogens (tertiary/aromatic N) is 2. The van der Waals surface area contributed by atoms with Gasteiger partial charge in [-0.25, -0.2) is 4.79 Å². The molecule has 8 heteroatoms. The van der Waals surface area contributed by atoms with E-state index >= 15 is 0 Å². The average molecular weight is 421 g/mol. The van der Waals surface area contributed by atoms with Crippen LogP contribution in [0.15, 0.2) is 0 Å². The Balaban J connectivity index is 1.07. The molecule has 0 aromatic carbocycles. The second-order valence-electron chi connectivity index (χ2n) is 9.53. The Kier molecular flexibility index (Phi) is 5.39. The summed E-state index contributed by atoms with van der Waals surface area (Å²) in [6.45, 7) is 2.51. The van der Waals surface area contributed by atoms with Crippen LogP contribution in [-0.4, -0.2) is 76.4 Å². The van der Waals surface area contributed by atoms with Crippen LogP contribution >= 0.6 is 11.8 Å². The molecule has 5 aliphatic rings. The minimum atomic E-state index is -0.0330. The van der Waals surface area contributed by atoms with Crippen LogP contribution in [0.5, 0.6) is 0 Å². The third-order valence-electron chi connectivity index (χ3n) is 7.60. The molecule has 0 saturated carbocycles. The number of urea groups is 1. The lowest BCUT2D eigenvalue weighted by Crippen LogP contribution is -2.61. The third-order valence-corrected chi connectivity index (χ3v) is 9.11. The van der Waals surface area contributed by atoms with Crippen molar-refractivity contribution in [3.63, 3.8) is 0 Å². The van der Waals surface area contributed by atoms with Gasteiger partial charge < -0.3 is 20.4 Å². The zero-order valence-corrected chi connectivity index (χ0v) is 17.8. The Morgan fingerprint density at radius 3 is 2.93 bits per heavy atom. The predicted molar refractivity (Wildman–Crippen MR) is 111 cm³/mol. The van der Waals surface area contributed by atoms with Crippen LogP contribution in [0, 0.1) is 11.8 Å². The van der Waals surface area contributed by atoms with Crippen molar-refractivity contribution in [2.24, 2.45) is 11.8 Å². The molecule has 2 bridgehead atoms. The van der Waals surface area contributed by atoms with Gasteiger partial charge in [-0.1, -0.05) is 6.42 Å². The zero-order chi connectivity index (χ0) is 20.0. The zero-order valence-electron chi connectivity index (χ0n) is 17.0. The lowest BCUT2D eigenvalue weighted by molar-refractivity contribution is -0.148. The fraction of sp³-hybridized carbons (Fsp3) is 0.857. The molecule has 160 valence electrons. The van der Waals surface area contributed by atoms with Crippen molar-refractivity contribution in [2.45, 2.75) is 74.7 Å². The molecule has 0 radical (unpaired) electrons. The summed E-state index contributed by atoms with van der Waals surface area (Å²) in [6, 6.07) is 0.865. The molecular weight excluding hydrogens is 388 g/mol. The fourth-order valence-electron chi connectivity index (χ4n) is 6.24. The topological polar surface area (TPSA) is 81.8 Å². The van der Waals surface area contributed by atoms with Crippen LogP contribution in [0.4, 0.5) is 4.79 Å². The molecule has 0 unspecified atom stereocenters. The number of carbonyl (C=O) groups excluding carboxylic acids is 3. The van der Waals surface area contributed by atoms with Gasteiger partial charge in [0.1, 0.15) is 0 Å². The Bertz CT molecular complexity index is 689. The Labute approximate surface area is 176 Å². The predicted octanol–water partition coefficient (Wildman–Crippen LogP) is 1.57. The minimum Gasteiger partial charge on any atom is -0.342 e. The van der Waals surface area contributed by atoms with Gasteiger partial charge in [0, 0.05) is 49.5 Å². The molecule has 6 atom stereocenters. The highest BCUT2D eigenvalue weighted by atomic mass is 32.2. The van der Waals surface area contributed by atoms with Crippen LogP contribution in [0.3, 0.4) is 0 Å². The van der Waals surface area contributed by atoms with E-state index in [1.807, 2.05) is 11.8 Å². The molecule has 5 rings (SSSR count). The van der Waals surface area contributed by atoms with Gasteiger partial charge >= 0.3 is 6.03 Å². The van der Waals surface area contributed by atoms with Crippen molar-refractivity contribution < 1.29 is 14.4 Å². The summed E-state index contributed by atoms with van der Waals surface area (Å²) >= 11 is 1.94. The largest absolute Gasteiger partial charge is 0.342 e. The molecule has 5 saturated heterocycles. The normalized spacial score (nSPS) is 38.3. The number of piperidine rings is 3. The van der Waals surface area contributed by atoms with Crippen LogP contribution < -0.4 is 10.6 Å². The molecule has 0 aromatic heterocycles. The summed E-state index contributed by atoms with van der Waals surface area (Å²) in [5.41, 5.74) is 0. The van der Waals surface area contributed by atoms with Crippen molar-refractivity contribution in [3.05, 3.63) is 0 Å². The van der Waals surface area contributed by atoms with E-state index in [-0.39, 0.29) is 18.1 Å². The van der Waals surface area contributed by atoms with Gasteiger partial charge in [0.05, 0.1) is 12.1 Å². The number of rotatable bonds is 5. The van der Waals surface area contributed by atoms with E-state index in [1.54, 1.807) is 0 Å². The second-order valence-corrected chi connectivity index (χ2v) is 10.8. The van der Waals surface area contributed by atoms with E-state index < -0.39 is 0 Å². The Hall–Kier alpha value is -1.44. The molecule has 5 fully saturated rings. The maximum absolute atomic E-state index is 12.8. The SMILES string of the molecule is O=C1N[C@H]2[C@H](CS[C@@H]2CCCCC(=O)N2C[C@H]3C[C@@H](C2)[C@H]2CCCC(=O)N2C3)N1.